The van der Waals surface area contributed by atoms with Crippen molar-refractivity contribution in [3.8, 4) is 0 Å². The van der Waals surface area contributed by atoms with Gasteiger partial charge in [0.25, 0.3) is 0 Å². The van der Waals surface area contributed by atoms with Gasteiger partial charge in [-0.1, -0.05) is 30.4 Å². The lowest BCUT2D eigenvalue weighted by Gasteiger charge is -2.33. The molecule has 0 radical (unpaired) electrons. The Morgan fingerprint density at radius 2 is 1.85 bits per heavy atom. The van der Waals surface area contributed by atoms with Gasteiger partial charge in [0, 0.05) is 25.3 Å². The molecule has 0 bridgehead atoms. The third-order valence-corrected chi connectivity index (χ3v) is 4.33. The highest BCUT2D eigenvalue weighted by atomic mass is 16.2. The Labute approximate surface area is 120 Å². The van der Waals surface area contributed by atoms with Crippen molar-refractivity contribution in [3.05, 3.63) is 42.0 Å². The third kappa shape index (κ3) is 2.78. The average molecular weight is 270 g/mol. The number of likely N-dealkylation sites (tertiary alicyclic amines) is 1. The Bertz CT molecular complexity index is 513. The molecule has 1 aromatic carbocycles. The molecule has 0 unspecified atom stereocenters. The van der Waals surface area contributed by atoms with Crippen LogP contribution in [0.1, 0.15) is 24.8 Å². The summed E-state index contributed by atoms with van der Waals surface area (Å²) in [6, 6.07) is 8.29. The molecule has 1 aromatic rings. The Morgan fingerprint density at radius 3 is 2.65 bits per heavy atom. The first kappa shape index (κ1) is 13.4. The van der Waals surface area contributed by atoms with Crippen molar-refractivity contribution in [2.75, 3.05) is 31.1 Å². The van der Waals surface area contributed by atoms with Crippen LogP contribution in [0.25, 0.3) is 0 Å². The fourth-order valence-electron chi connectivity index (χ4n) is 3.10. The number of amides is 1. The van der Waals surface area contributed by atoms with Gasteiger partial charge >= 0.3 is 0 Å². The molecule has 3 nitrogen and oxygen atoms in total. The van der Waals surface area contributed by atoms with Crippen LogP contribution >= 0.6 is 0 Å². The van der Waals surface area contributed by atoms with Crippen LogP contribution in [0.2, 0.25) is 0 Å². The predicted molar refractivity (Wildman–Crippen MR) is 81.9 cm³/mol. The van der Waals surface area contributed by atoms with Crippen molar-refractivity contribution in [1.82, 2.24) is 4.90 Å². The highest BCUT2D eigenvalue weighted by Crippen LogP contribution is 2.27. The maximum absolute atomic E-state index is 12.6. The van der Waals surface area contributed by atoms with Crippen LogP contribution in [0.4, 0.5) is 5.69 Å². The molecule has 0 saturated carbocycles. The average Bonchev–Trinajstić information content (AvgIpc) is 2.49. The van der Waals surface area contributed by atoms with E-state index in [2.05, 4.69) is 29.7 Å². The number of nitrogens with zero attached hydrogens (tertiary/aromatic N) is 2. The number of hydrogen-bond donors (Lipinski definition) is 0. The standard InChI is InChI=1S/C17H22N2O/c1-14-8-11-18(12-9-14)13-17(20)19-10-4-6-15-5-2-3-7-16(15)19/h2-3,5,7H,1,4,6,8-13H2. The second-order valence-corrected chi connectivity index (χ2v) is 5.80. The van der Waals surface area contributed by atoms with Crippen LogP contribution in [-0.4, -0.2) is 37.0 Å². The summed E-state index contributed by atoms with van der Waals surface area (Å²) in [6.07, 6.45) is 4.22. The van der Waals surface area contributed by atoms with Crippen molar-refractivity contribution in [2.24, 2.45) is 0 Å². The zero-order valence-corrected chi connectivity index (χ0v) is 12.0. The number of para-hydroxylation sites is 1. The summed E-state index contributed by atoms with van der Waals surface area (Å²) in [7, 11) is 0. The van der Waals surface area contributed by atoms with Gasteiger partial charge in [0.15, 0.2) is 0 Å². The number of aryl methyl sites for hydroxylation is 1. The van der Waals surface area contributed by atoms with E-state index in [4.69, 9.17) is 0 Å². The van der Waals surface area contributed by atoms with Crippen LogP contribution in [0, 0.1) is 0 Å². The van der Waals surface area contributed by atoms with Crippen LogP contribution in [-0.2, 0) is 11.2 Å². The van der Waals surface area contributed by atoms with Gasteiger partial charge in [-0.25, -0.2) is 0 Å². The van der Waals surface area contributed by atoms with E-state index in [9.17, 15) is 4.79 Å². The van der Waals surface area contributed by atoms with E-state index in [1.165, 1.54) is 11.1 Å². The fourth-order valence-corrected chi connectivity index (χ4v) is 3.10. The molecule has 0 aliphatic carbocycles. The van der Waals surface area contributed by atoms with Gasteiger partial charge in [0.05, 0.1) is 6.54 Å². The molecule has 2 aliphatic heterocycles. The highest BCUT2D eigenvalue weighted by Gasteiger charge is 2.24. The third-order valence-electron chi connectivity index (χ3n) is 4.33. The summed E-state index contributed by atoms with van der Waals surface area (Å²) < 4.78 is 0. The van der Waals surface area contributed by atoms with Crippen LogP contribution in [0.5, 0.6) is 0 Å². The molecular formula is C17H22N2O. The minimum Gasteiger partial charge on any atom is -0.311 e. The molecule has 20 heavy (non-hydrogen) atoms. The fraction of sp³-hybridized carbons (Fsp3) is 0.471. The van der Waals surface area contributed by atoms with Crippen molar-refractivity contribution in [1.29, 1.82) is 0 Å². The number of carbonyl (C=O) groups excluding carboxylic acids is 1. The van der Waals surface area contributed by atoms with E-state index >= 15 is 0 Å². The maximum atomic E-state index is 12.6. The number of anilines is 1. The number of benzene rings is 1. The highest BCUT2D eigenvalue weighted by molar-refractivity contribution is 5.95. The van der Waals surface area contributed by atoms with Crippen LogP contribution in [0.15, 0.2) is 36.4 Å². The number of fused-ring (bicyclic) bond motifs is 1. The molecule has 1 saturated heterocycles. The first-order chi connectivity index (χ1) is 9.74. The molecule has 0 N–H and O–H groups in total. The van der Waals surface area contributed by atoms with Gasteiger partial charge in [-0.2, -0.15) is 0 Å². The van der Waals surface area contributed by atoms with E-state index in [0.717, 1.165) is 51.0 Å². The molecule has 1 amide bonds. The Balaban J connectivity index is 1.67. The quantitative estimate of drug-likeness (QED) is 0.771. The second kappa shape index (κ2) is 5.80. The predicted octanol–water partition coefficient (Wildman–Crippen LogP) is 2.62. The SMILES string of the molecule is C=C1CCN(CC(=O)N2CCCc3ccccc32)CC1. The smallest absolute Gasteiger partial charge is 0.241 e. The minimum absolute atomic E-state index is 0.240. The van der Waals surface area contributed by atoms with Crippen LogP contribution in [0.3, 0.4) is 0 Å². The second-order valence-electron chi connectivity index (χ2n) is 5.80. The van der Waals surface area contributed by atoms with E-state index in [0.29, 0.717) is 6.54 Å². The van der Waals surface area contributed by atoms with E-state index < -0.39 is 0 Å². The van der Waals surface area contributed by atoms with Gasteiger partial charge in [0.2, 0.25) is 5.91 Å². The lowest BCUT2D eigenvalue weighted by molar-refractivity contribution is -0.119. The summed E-state index contributed by atoms with van der Waals surface area (Å²) in [5.41, 5.74) is 3.74. The zero-order valence-electron chi connectivity index (χ0n) is 12.0. The minimum atomic E-state index is 0.240. The van der Waals surface area contributed by atoms with Gasteiger partial charge < -0.3 is 4.90 Å². The molecule has 106 valence electrons. The molecular weight excluding hydrogens is 248 g/mol. The number of rotatable bonds is 2. The largest absolute Gasteiger partial charge is 0.311 e. The Hall–Kier alpha value is -1.61. The van der Waals surface area contributed by atoms with E-state index in [1.807, 2.05) is 11.0 Å². The summed E-state index contributed by atoms with van der Waals surface area (Å²) in [4.78, 5) is 16.8. The number of hydrogen-bond acceptors (Lipinski definition) is 2. The zero-order chi connectivity index (χ0) is 13.9. The lowest BCUT2D eigenvalue weighted by atomic mass is 10.0. The van der Waals surface area contributed by atoms with Gasteiger partial charge in [-0.15, -0.1) is 0 Å². The van der Waals surface area contributed by atoms with Crippen molar-refractivity contribution in [2.45, 2.75) is 25.7 Å². The summed E-state index contributed by atoms with van der Waals surface area (Å²) in [5.74, 6) is 0.240. The molecule has 1 fully saturated rings. The van der Waals surface area contributed by atoms with E-state index in [1.54, 1.807) is 0 Å². The van der Waals surface area contributed by atoms with Gasteiger partial charge in [-0.3, -0.25) is 9.69 Å². The Kier molecular flexibility index (Phi) is 3.88. The first-order valence-electron chi connectivity index (χ1n) is 7.51. The summed E-state index contributed by atoms with van der Waals surface area (Å²) in [5, 5.41) is 0. The molecule has 2 aliphatic rings. The molecule has 0 spiro atoms. The van der Waals surface area contributed by atoms with Gasteiger partial charge in [-0.05, 0) is 37.3 Å². The lowest BCUT2D eigenvalue weighted by Crippen LogP contribution is -2.44. The van der Waals surface area contributed by atoms with E-state index in [-0.39, 0.29) is 5.91 Å². The van der Waals surface area contributed by atoms with Crippen molar-refractivity contribution < 1.29 is 4.79 Å². The summed E-state index contributed by atoms with van der Waals surface area (Å²) in [6.45, 7) is 7.37. The van der Waals surface area contributed by atoms with Crippen molar-refractivity contribution >= 4 is 11.6 Å². The monoisotopic (exact) mass is 270 g/mol. The topological polar surface area (TPSA) is 23.6 Å². The molecule has 3 heteroatoms. The normalized spacial score (nSPS) is 19.8. The van der Waals surface area contributed by atoms with Crippen LogP contribution < -0.4 is 4.90 Å². The van der Waals surface area contributed by atoms with Crippen molar-refractivity contribution in [3.63, 3.8) is 0 Å². The molecule has 2 heterocycles. The molecule has 0 aromatic heterocycles. The molecule has 3 rings (SSSR count). The Morgan fingerprint density at radius 1 is 1.10 bits per heavy atom. The first-order valence-corrected chi connectivity index (χ1v) is 7.51. The summed E-state index contributed by atoms with van der Waals surface area (Å²) >= 11 is 0. The number of piperidine rings is 1. The van der Waals surface area contributed by atoms with Gasteiger partial charge in [0.1, 0.15) is 0 Å². The number of carbonyl (C=O) groups is 1. The maximum Gasteiger partial charge on any atom is 0.241 e. The molecule has 0 atom stereocenters.